The summed E-state index contributed by atoms with van der Waals surface area (Å²) in [5.41, 5.74) is 1.27. The summed E-state index contributed by atoms with van der Waals surface area (Å²) in [6.07, 6.45) is 4.25. The molecule has 0 spiro atoms. The lowest BCUT2D eigenvalue weighted by atomic mass is 9.91. The molecular formula is C19H23NO. The molecule has 3 rings (SSSR count). The van der Waals surface area contributed by atoms with Crippen LogP contribution < -0.4 is 0 Å². The van der Waals surface area contributed by atoms with Crippen LogP contribution in [0.4, 0.5) is 0 Å². The summed E-state index contributed by atoms with van der Waals surface area (Å²) in [5.74, 6) is 0. The number of hydrogen-bond donors (Lipinski definition) is 1. The van der Waals surface area contributed by atoms with E-state index in [1.54, 1.807) is 0 Å². The summed E-state index contributed by atoms with van der Waals surface area (Å²) in [5, 5.41) is 11.5. The Kier molecular flexibility index (Phi) is 4.37. The second kappa shape index (κ2) is 6.42. The Morgan fingerprint density at radius 1 is 0.810 bits per heavy atom. The first-order valence-electron chi connectivity index (χ1n) is 7.86. The maximum Gasteiger partial charge on any atom is 0.148 e. The minimum Gasteiger partial charge on any atom is -0.371 e. The summed E-state index contributed by atoms with van der Waals surface area (Å²) in [6.45, 7) is 1.94. The van der Waals surface area contributed by atoms with Crippen LogP contribution in [0.1, 0.15) is 30.4 Å². The van der Waals surface area contributed by atoms with Crippen LogP contribution >= 0.6 is 0 Å². The molecule has 2 aromatic carbocycles. The second-order valence-electron chi connectivity index (χ2n) is 5.89. The third kappa shape index (κ3) is 3.17. The molecule has 1 heterocycles. The molecule has 1 atom stereocenters. The first-order valence-corrected chi connectivity index (χ1v) is 7.86. The van der Waals surface area contributed by atoms with Gasteiger partial charge in [-0.2, -0.15) is 0 Å². The third-order valence-corrected chi connectivity index (χ3v) is 4.41. The van der Waals surface area contributed by atoms with E-state index in [1.165, 1.54) is 24.8 Å². The van der Waals surface area contributed by atoms with Gasteiger partial charge in [0.15, 0.2) is 0 Å². The van der Waals surface area contributed by atoms with Gasteiger partial charge in [0.25, 0.3) is 0 Å². The molecule has 1 aliphatic heterocycles. The van der Waals surface area contributed by atoms with Crippen molar-refractivity contribution in [3.63, 3.8) is 0 Å². The molecule has 2 nitrogen and oxygen atoms in total. The van der Waals surface area contributed by atoms with Gasteiger partial charge in [-0.1, -0.05) is 67.1 Å². The van der Waals surface area contributed by atoms with Crippen LogP contribution in [-0.4, -0.2) is 23.1 Å². The van der Waals surface area contributed by atoms with E-state index in [9.17, 15) is 5.11 Å². The maximum absolute atomic E-state index is 11.5. The van der Waals surface area contributed by atoms with Gasteiger partial charge >= 0.3 is 0 Å². The van der Waals surface area contributed by atoms with Gasteiger partial charge in [-0.25, -0.2) is 0 Å². The molecule has 1 fully saturated rings. The van der Waals surface area contributed by atoms with Crippen molar-refractivity contribution in [1.82, 2.24) is 4.90 Å². The van der Waals surface area contributed by atoms with E-state index in [-0.39, 0.29) is 0 Å². The lowest BCUT2D eigenvalue weighted by Crippen LogP contribution is -2.50. The predicted molar refractivity (Wildman–Crippen MR) is 85.9 cm³/mol. The lowest BCUT2D eigenvalue weighted by Gasteiger charge is -2.42. The smallest absolute Gasteiger partial charge is 0.148 e. The number of likely N-dealkylation sites (tertiary alicyclic amines) is 1. The Hall–Kier alpha value is -1.64. The van der Waals surface area contributed by atoms with Crippen LogP contribution in [0.25, 0.3) is 0 Å². The van der Waals surface area contributed by atoms with Crippen LogP contribution in [0.3, 0.4) is 0 Å². The van der Waals surface area contributed by atoms with Crippen molar-refractivity contribution in [3.8, 4) is 0 Å². The summed E-state index contributed by atoms with van der Waals surface area (Å²) in [7, 11) is 0. The largest absolute Gasteiger partial charge is 0.371 e. The Morgan fingerprint density at radius 3 is 2.00 bits per heavy atom. The van der Waals surface area contributed by atoms with E-state index in [2.05, 4.69) is 17.0 Å². The van der Waals surface area contributed by atoms with Crippen molar-refractivity contribution in [2.24, 2.45) is 0 Å². The highest BCUT2D eigenvalue weighted by molar-refractivity contribution is 5.26. The average Bonchev–Trinajstić information content (AvgIpc) is 2.57. The fourth-order valence-corrected chi connectivity index (χ4v) is 3.25. The van der Waals surface area contributed by atoms with E-state index >= 15 is 0 Å². The Balaban J connectivity index is 1.94. The molecule has 1 aliphatic rings. The van der Waals surface area contributed by atoms with Crippen molar-refractivity contribution in [3.05, 3.63) is 71.8 Å². The Labute approximate surface area is 127 Å². The lowest BCUT2D eigenvalue weighted by molar-refractivity contribution is -0.123. The molecule has 0 saturated carbocycles. The minimum absolute atomic E-state index is 0.637. The standard InChI is InChI=1S/C19H23NO/c21-19(18-12-6-2-7-13-18,20-14-8-3-9-15-20)16-17-10-4-1-5-11-17/h1-2,4-7,10-13,21H,3,8-9,14-16H2. The van der Waals surface area contributed by atoms with Crippen molar-refractivity contribution in [1.29, 1.82) is 0 Å². The van der Waals surface area contributed by atoms with Gasteiger partial charge in [0.05, 0.1) is 0 Å². The van der Waals surface area contributed by atoms with E-state index in [4.69, 9.17) is 0 Å². The number of piperidine rings is 1. The van der Waals surface area contributed by atoms with Gasteiger partial charge in [0.2, 0.25) is 0 Å². The van der Waals surface area contributed by atoms with Crippen LogP contribution in [0.2, 0.25) is 0 Å². The number of nitrogens with zero attached hydrogens (tertiary/aromatic N) is 1. The van der Waals surface area contributed by atoms with Gasteiger partial charge in [-0.15, -0.1) is 0 Å². The Morgan fingerprint density at radius 2 is 1.38 bits per heavy atom. The van der Waals surface area contributed by atoms with Crippen molar-refractivity contribution < 1.29 is 5.11 Å². The van der Waals surface area contributed by atoms with E-state index < -0.39 is 5.72 Å². The molecule has 0 amide bonds. The molecule has 0 radical (unpaired) electrons. The first-order chi connectivity index (χ1) is 10.3. The van der Waals surface area contributed by atoms with Gasteiger partial charge in [-0.3, -0.25) is 4.90 Å². The third-order valence-electron chi connectivity index (χ3n) is 4.41. The molecule has 21 heavy (non-hydrogen) atoms. The summed E-state index contributed by atoms with van der Waals surface area (Å²) in [6, 6.07) is 20.4. The Bertz CT molecular complexity index is 548. The summed E-state index contributed by atoms with van der Waals surface area (Å²) in [4.78, 5) is 2.25. The van der Waals surface area contributed by atoms with Crippen LogP contribution in [0, 0.1) is 0 Å². The second-order valence-corrected chi connectivity index (χ2v) is 5.89. The van der Waals surface area contributed by atoms with Crippen LogP contribution in [0.5, 0.6) is 0 Å². The number of benzene rings is 2. The molecule has 1 saturated heterocycles. The summed E-state index contributed by atoms with van der Waals surface area (Å²) < 4.78 is 0. The molecule has 0 bridgehead atoms. The number of rotatable bonds is 4. The van der Waals surface area contributed by atoms with Crippen molar-refractivity contribution in [2.45, 2.75) is 31.4 Å². The topological polar surface area (TPSA) is 23.5 Å². The fourth-order valence-electron chi connectivity index (χ4n) is 3.25. The van der Waals surface area contributed by atoms with Crippen molar-refractivity contribution >= 4 is 0 Å². The molecule has 1 N–H and O–H groups in total. The molecular weight excluding hydrogens is 258 g/mol. The summed E-state index contributed by atoms with van der Waals surface area (Å²) >= 11 is 0. The van der Waals surface area contributed by atoms with Gasteiger partial charge in [-0.05, 0) is 24.0 Å². The minimum atomic E-state index is -0.900. The monoisotopic (exact) mass is 281 g/mol. The fraction of sp³-hybridized carbons (Fsp3) is 0.368. The van der Waals surface area contributed by atoms with E-state index in [0.29, 0.717) is 6.42 Å². The van der Waals surface area contributed by atoms with Gasteiger partial charge in [0, 0.05) is 19.5 Å². The zero-order valence-electron chi connectivity index (χ0n) is 12.4. The number of aliphatic hydroxyl groups is 1. The highest BCUT2D eigenvalue weighted by Crippen LogP contribution is 2.32. The quantitative estimate of drug-likeness (QED) is 0.926. The first kappa shape index (κ1) is 14.3. The highest BCUT2D eigenvalue weighted by atomic mass is 16.3. The maximum atomic E-state index is 11.5. The molecule has 2 heteroatoms. The van der Waals surface area contributed by atoms with Gasteiger partial charge < -0.3 is 5.11 Å². The zero-order valence-corrected chi connectivity index (χ0v) is 12.4. The van der Waals surface area contributed by atoms with E-state index in [1.807, 2.05) is 48.5 Å². The van der Waals surface area contributed by atoms with Crippen LogP contribution in [-0.2, 0) is 12.1 Å². The molecule has 0 aromatic heterocycles. The molecule has 110 valence electrons. The SMILES string of the molecule is OC(Cc1ccccc1)(c1ccccc1)N1CCCCC1. The highest BCUT2D eigenvalue weighted by Gasteiger charge is 2.36. The predicted octanol–water partition coefficient (Wildman–Crippen LogP) is 3.56. The van der Waals surface area contributed by atoms with E-state index in [0.717, 1.165) is 18.7 Å². The van der Waals surface area contributed by atoms with Crippen LogP contribution in [0.15, 0.2) is 60.7 Å². The van der Waals surface area contributed by atoms with Gasteiger partial charge in [0.1, 0.15) is 5.72 Å². The molecule has 2 aromatic rings. The molecule has 1 unspecified atom stereocenters. The molecule has 0 aliphatic carbocycles. The zero-order chi connectivity index (χ0) is 14.5. The normalized spacial score (nSPS) is 19.1. The van der Waals surface area contributed by atoms with Crippen molar-refractivity contribution in [2.75, 3.05) is 13.1 Å². The number of hydrogen-bond acceptors (Lipinski definition) is 2. The average molecular weight is 281 g/mol.